The number of rotatable bonds is 5. The first kappa shape index (κ1) is 13.6. The van der Waals surface area contributed by atoms with Gasteiger partial charge in [-0.1, -0.05) is 6.92 Å². The number of nitrogens with zero attached hydrogens (tertiary/aromatic N) is 1. The van der Waals surface area contributed by atoms with Crippen LogP contribution in [-0.2, 0) is 9.59 Å². The van der Waals surface area contributed by atoms with Gasteiger partial charge in [0.1, 0.15) is 5.71 Å². The average molecular weight is 243 g/mol. The minimum absolute atomic E-state index is 0.198. The molecule has 17 heavy (non-hydrogen) atoms. The smallest absolute Gasteiger partial charge is 0.268 e. The van der Waals surface area contributed by atoms with Crippen LogP contribution in [0.1, 0.15) is 26.2 Å². The highest BCUT2D eigenvalue weighted by atomic mass is 16.3. The van der Waals surface area contributed by atoms with Crippen LogP contribution in [-0.4, -0.2) is 46.5 Å². The molecule has 1 aliphatic heterocycles. The molecule has 1 aliphatic rings. The summed E-state index contributed by atoms with van der Waals surface area (Å²) in [5.74, 6) is -0.706. The maximum atomic E-state index is 11.8. The molecule has 1 heterocycles. The minimum atomic E-state index is -1.04. The molecule has 0 fully saturated rings. The summed E-state index contributed by atoms with van der Waals surface area (Å²) in [5.41, 5.74) is 1.37. The summed E-state index contributed by atoms with van der Waals surface area (Å²) in [6.07, 6.45) is 0.864. The summed E-state index contributed by atoms with van der Waals surface area (Å²) in [6.45, 7) is 1.04. The van der Waals surface area contributed by atoms with Gasteiger partial charge in [0.2, 0.25) is 5.91 Å². The van der Waals surface area contributed by atoms with Gasteiger partial charge in [0, 0.05) is 12.8 Å². The van der Waals surface area contributed by atoms with Crippen molar-refractivity contribution in [3.8, 4) is 0 Å². The van der Waals surface area contributed by atoms with Crippen LogP contribution in [0, 0.1) is 0 Å². The minimum Gasteiger partial charge on any atom is -0.394 e. The molecular weight excluding hydrogens is 226 g/mol. The molecule has 7 heteroatoms. The molecule has 0 saturated heterocycles. The van der Waals surface area contributed by atoms with Crippen LogP contribution in [0.5, 0.6) is 0 Å². The van der Waals surface area contributed by atoms with E-state index < -0.39 is 11.4 Å². The summed E-state index contributed by atoms with van der Waals surface area (Å²) >= 11 is 0. The van der Waals surface area contributed by atoms with E-state index in [4.69, 9.17) is 0 Å². The Hall–Kier alpha value is -1.47. The van der Waals surface area contributed by atoms with Crippen molar-refractivity contribution in [2.24, 2.45) is 5.10 Å². The van der Waals surface area contributed by atoms with Crippen molar-refractivity contribution >= 4 is 17.5 Å². The number of amides is 2. The Morgan fingerprint density at radius 1 is 1.47 bits per heavy atom. The number of hydrogen-bond acceptors (Lipinski definition) is 5. The van der Waals surface area contributed by atoms with Gasteiger partial charge >= 0.3 is 0 Å². The third-order valence-electron chi connectivity index (χ3n) is 2.83. The van der Waals surface area contributed by atoms with E-state index in [2.05, 4.69) is 15.8 Å². The quantitative estimate of drug-likeness (QED) is 0.471. The molecular formula is C10H17N3O4. The van der Waals surface area contributed by atoms with Gasteiger partial charge in [-0.05, 0) is 6.42 Å². The van der Waals surface area contributed by atoms with Gasteiger partial charge in [-0.3, -0.25) is 9.59 Å². The predicted octanol–water partition coefficient (Wildman–Crippen LogP) is -1.50. The molecule has 0 bridgehead atoms. The van der Waals surface area contributed by atoms with Crippen molar-refractivity contribution in [1.82, 2.24) is 10.7 Å². The van der Waals surface area contributed by atoms with Crippen molar-refractivity contribution < 1.29 is 19.8 Å². The Morgan fingerprint density at radius 2 is 2.12 bits per heavy atom. The first-order valence-electron chi connectivity index (χ1n) is 5.46. The molecule has 0 atom stereocenters. The largest absolute Gasteiger partial charge is 0.394 e. The van der Waals surface area contributed by atoms with Gasteiger partial charge < -0.3 is 15.5 Å². The molecule has 1 rings (SSSR count). The Morgan fingerprint density at radius 3 is 2.53 bits per heavy atom. The predicted molar refractivity (Wildman–Crippen MR) is 60.1 cm³/mol. The molecule has 0 spiro atoms. The van der Waals surface area contributed by atoms with Crippen LogP contribution < -0.4 is 10.7 Å². The molecule has 2 amide bonds. The molecule has 0 saturated carbocycles. The Bertz CT molecular complexity index is 328. The fraction of sp³-hybridized carbons (Fsp3) is 0.700. The third-order valence-corrected chi connectivity index (χ3v) is 2.83. The second-order valence-electron chi connectivity index (χ2n) is 4.00. The van der Waals surface area contributed by atoms with Crippen LogP contribution in [0.2, 0.25) is 0 Å². The number of hydrogen-bond donors (Lipinski definition) is 4. The Balaban J connectivity index is 2.68. The Kier molecular flexibility index (Phi) is 4.59. The zero-order valence-corrected chi connectivity index (χ0v) is 9.69. The third kappa shape index (κ3) is 3.24. The highest BCUT2D eigenvalue weighted by molar-refractivity contribution is 6.39. The van der Waals surface area contributed by atoms with E-state index in [0.717, 1.165) is 0 Å². The van der Waals surface area contributed by atoms with Gasteiger partial charge in [-0.2, -0.15) is 5.10 Å². The lowest BCUT2D eigenvalue weighted by molar-refractivity contribution is -0.121. The van der Waals surface area contributed by atoms with E-state index >= 15 is 0 Å². The van der Waals surface area contributed by atoms with E-state index in [9.17, 15) is 19.8 Å². The fourth-order valence-corrected chi connectivity index (χ4v) is 1.39. The van der Waals surface area contributed by atoms with Crippen molar-refractivity contribution in [2.75, 3.05) is 13.2 Å². The van der Waals surface area contributed by atoms with Gasteiger partial charge in [-0.25, -0.2) is 5.43 Å². The van der Waals surface area contributed by atoms with Crippen LogP contribution in [0.15, 0.2) is 5.10 Å². The number of aliphatic hydroxyl groups is 2. The van der Waals surface area contributed by atoms with Gasteiger partial charge in [-0.15, -0.1) is 0 Å². The zero-order valence-electron chi connectivity index (χ0n) is 9.69. The number of nitrogens with one attached hydrogen (secondary N) is 2. The van der Waals surface area contributed by atoms with Crippen LogP contribution in [0.25, 0.3) is 0 Å². The van der Waals surface area contributed by atoms with E-state index in [1.165, 1.54) is 0 Å². The normalized spacial score (nSPS) is 16.2. The fourth-order valence-electron chi connectivity index (χ4n) is 1.39. The molecule has 0 unspecified atom stereocenters. The maximum absolute atomic E-state index is 11.8. The van der Waals surface area contributed by atoms with Crippen molar-refractivity contribution in [2.45, 2.75) is 31.7 Å². The monoisotopic (exact) mass is 243 g/mol. The standard InChI is InChI=1S/C10H17N3O4/c1-2-10(5-14,6-15)11-9(17)7-3-4-8(16)13-12-7/h14-15H,2-6H2,1H3,(H,11,17)(H,13,16). The highest BCUT2D eigenvalue weighted by Gasteiger charge is 2.30. The topological polar surface area (TPSA) is 111 Å². The maximum Gasteiger partial charge on any atom is 0.268 e. The average Bonchev–Trinajstić information content (AvgIpc) is 2.37. The summed E-state index contributed by atoms with van der Waals surface area (Å²) in [4.78, 5) is 22.6. The van der Waals surface area contributed by atoms with Crippen molar-refractivity contribution in [3.05, 3.63) is 0 Å². The number of hydrazone groups is 1. The molecule has 0 aromatic heterocycles. The second kappa shape index (κ2) is 5.74. The molecule has 0 radical (unpaired) electrons. The van der Waals surface area contributed by atoms with E-state index in [1.54, 1.807) is 6.92 Å². The van der Waals surface area contributed by atoms with Crippen LogP contribution in [0.3, 0.4) is 0 Å². The van der Waals surface area contributed by atoms with Gasteiger partial charge in [0.15, 0.2) is 0 Å². The molecule has 96 valence electrons. The lowest BCUT2D eigenvalue weighted by atomic mass is 9.97. The van der Waals surface area contributed by atoms with E-state index in [1.807, 2.05) is 0 Å². The molecule has 0 aromatic carbocycles. The zero-order chi connectivity index (χ0) is 12.9. The molecule has 0 aromatic rings. The van der Waals surface area contributed by atoms with Crippen molar-refractivity contribution in [1.29, 1.82) is 0 Å². The summed E-state index contributed by atoms with van der Waals surface area (Å²) in [6, 6.07) is 0. The number of carbonyl (C=O) groups is 2. The SMILES string of the molecule is CCC(CO)(CO)NC(=O)C1=NNC(=O)CC1. The van der Waals surface area contributed by atoms with E-state index in [0.29, 0.717) is 6.42 Å². The highest BCUT2D eigenvalue weighted by Crippen LogP contribution is 2.09. The summed E-state index contributed by atoms with van der Waals surface area (Å²) < 4.78 is 0. The molecule has 7 nitrogen and oxygen atoms in total. The number of aliphatic hydroxyl groups excluding tert-OH is 2. The number of carbonyl (C=O) groups excluding carboxylic acids is 2. The molecule has 0 aliphatic carbocycles. The molecule has 4 N–H and O–H groups in total. The lowest BCUT2D eigenvalue weighted by Crippen LogP contribution is -2.56. The first-order valence-corrected chi connectivity index (χ1v) is 5.46. The van der Waals surface area contributed by atoms with Crippen LogP contribution in [0.4, 0.5) is 0 Å². The van der Waals surface area contributed by atoms with Gasteiger partial charge in [0.05, 0.1) is 18.8 Å². The van der Waals surface area contributed by atoms with E-state index in [-0.39, 0.29) is 37.7 Å². The first-order chi connectivity index (χ1) is 8.06. The Labute approximate surface area is 98.9 Å². The van der Waals surface area contributed by atoms with Gasteiger partial charge in [0.25, 0.3) is 5.91 Å². The summed E-state index contributed by atoms with van der Waals surface area (Å²) in [7, 11) is 0. The lowest BCUT2D eigenvalue weighted by Gasteiger charge is -2.30. The summed E-state index contributed by atoms with van der Waals surface area (Å²) in [5, 5.41) is 24.5. The van der Waals surface area contributed by atoms with Crippen LogP contribution >= 0.6 is 0 Å². The second-order valence-corrected chi connectivity index (χ2v) is 4.00. The van der Waals surface area contributed by atoms with Crippen molar-refractivity contribution in [3.63, 3.8) is 0 Å².